The van der Waals surface area contributed by atoms with Gasteiger partial charge < -0.3 is 15.4 Å². The minimum absolute atomic E-state index is 0.0388. The maximum Gasteiger partial charge on any atom is 0.387 e. The molecule has 21 heavy (non-hydrogen) atoms. The van der Waals surface area contributed by atoms with Crippen LogP contribution in [0.15, 0.2) is 24.3 Å². The van der Waals surface area contributed by atoms with Crippen molar-refractivity contribution in [3.63, 3.8) is 0 Å². The van der Waals surface area contributed by atoms with Crippen LogP contribution < -0.4 is 15.4 Å². The number of ether oxygens (including phenoxy) is 1. The first-order valence-electron chi connectivity index (χ1n) is 7.13. The molecule has 2 N–H and O–H groups in total. The first-order valence-corrected chi connectivity index (χ1v) is 7.13. The van der Waals surface area contributed by atoms with E-state index in [2.05, 4.69) is 15.4 Å². The molecule has 0 bridgehead atoms. The molecule has 0 aliphatic carbocycles. The van der Waals surface area contributed by atoms with Gasteiger partial charge in [-0.05, 0) is 31.5 Å². The topological polar surface area (TPSA) is 50.4 Å². The van der Waals surface area contributed by atoms with Crippen molar-refractivity contribution in [1.82, 2.24) is 5.32 Å². The van der Waals surface area contributed by atoms with Gasteiger partial charge in [0.05, 0.1) is 5.41 Å². The largest absolute Gasteiger partial charge is 0.435 e. The highest BCUT2D eigenvalue weighted by atomic mass is 19.3. The monoisotopic (exact) mass is 298 g/mol. The van der Waals surface area contributed by atoms with Gasteiger partial charge >= 0.3 is 6.61 Å². The molecule has 0 aromatic heterocycles. The normalized spacial score (nSPS) is 21.5. The summed E-state index contributed by atoms with van der Waals surface area (Å²) in [4.78, 5) is 12.5. The average Bonchev–Trinajstić information content (AvgIpc) is 2.88. The average molecular weight is 298 g/mol. The Morgan fingerprint density at radius 1 is 1.52 bits per heavy atom. The number of benzene rings is 1. The summed E-state index contributed by atoms with van der Waals surface area (Å²) in [6.07, 6.45) is 2.52. The minimum atomic E-state index is -2.87. The van der Waals surface area contributed by atoms with Crippen molar-refractivity contribution >= 4 is 11.6 Å². The van der Waals surface area contributed by atoms with Crippen molar-refractivity contribution in [2.75, 3.05) is 18.4 Å². The molecule has 116 valence electrons. The molecule has 1 aromatic rings. The Morgan fingerprint density at radius 3 is 2.95 bits per heavy atom. The minimum Gasteiger partial charge on any atom is -0.435 e. The van der Waals surface area contributed by atoms with Crippen LogP contribution in [0.1, 0.15) is 26.2 Å². The summed E-state index contributed by atoms with van der Waals surface area (Å²) in [5.41, 5.74) is 0.0643. The van der Waals surface area contributed by atoms with Crippen molar-refractivity contribution in [2.24, 2.45) is 5.41 Å². The zero-order chi connectivity index (χ0) is 15.3. The molecule has 2 rings (SSSR count). The molecular formula is C15H20F2N2O2. The zero-order valence-electron chi connectivity index (χ0n) is 12.0. The number of halogens is 2. The Kier molecular flexibility index (Phi) is 5.12. The Hall–Kier alpha value is -1.69. The summed E-state index contributed by atoms with van der Waals surface area (Å²) >= 11 is 0. The van der Waals surface area contributed by atoms with Crippen molar-refractivity contribution in [3.05, 3.63) is 24.3 Å². The fourth-order valence-corrected chi connectivity index (χ4v) is 2.76. The van der Waals surface area contributed by atoms with Gasteiger partial charge in [-0.1, -0.05) is 19.4 Å². The smallest absolute Gasteiger partial charge is 0.387 e. The van der Waals surface area contributed by atoms with Gasteiger partial charge in [-0.15, -0.1) is 0 Å². The summed E-state index contributed by atoms with van der Waals surface area (Å²) in [5, 5.41) is 6.04. The summed E-state index contributed by atoms with van der Waals surface area (Å²) < 4.78 is 28.7. The van der Waals surface area contributed by atoms with Crippen LogP contribution in [0.3, 0.4) is 0 Å². The molecule has 1 fully saturated rings. The molecule has 4 nitrogen and oxygen atoms in total. The Balaban J connectivity index is 2.08. The third-order valence-electron chi connectivity index (χ3n) is 3.77. The van der Waals surface area contributed by atoms with E-state index in [1.807, 2.05) is 6.92 Å². The van der Waals surface area contributed by atoms with E-state index < -0.39 is 12.0 Å². The van der Waals surface area contributed by atoms with Crippen LogP contribution in [0, 0.1) is 5.41 Å². The number of rotatable bonds is 6. The molecule has 0 radical (unpaired) electrons. The lowest BCUT2D eigenvalue weighted by atomic mass is 9.81. The van der Waals surface area contributed by atoms with E-state index in [0.717, 1.165) is 25.8 Å². The number of alkyl halides is 2. The SMILES string of the molecule is CCCC1(C(=O)Nc2cccc(OC(F)F)c2)CCNC1. The summed E-state index contributed by atoms with van der Waals surface area (Å²) in [7, 11) is 0. The number of amides is 1. The number of carbonyl (C=O) groups is 1. The van der Waals surface area contributed by atoms with Gasteiger partial charge in [0, 0.05) is 18.3 Å². The van der Waals surface area contributed by atoms with E-state index in [9.17, 15) is 13.6 Å². The predicted molar refractivity (Wildman–Crippen MR) is 76.5 cm³/mol. The standard InChI is InChI=1S/C15H20F2N2O2/c1-2-6-15(7-8-18-10-15)13(20)19-11-4-3-5-12(9-11)21-14(16)17/h3-5,9,14,18H,2,6-8,10H2,1H3,(H,19,20). The van der Waals surface area contributed by atoms with Crippen LogP contribution in [-0.2, 0) is 4.79 Å². The number of nitrogens with one attached hydrogen (secondary N) is 2. The molecule has 0 spiro atoms. The van der Waals surface area contributed by atoms with Crippen molar-refractivity contribution < 1.29 is 18.3 Å². The van der Waals surface area contributed by atoms with Crippen LogP contribution in [0.5, 0.6) is 5.75 Å². The highest BCUT2D eigenvalue weighted by Crippen LogP contribution is 2.33. The molecule has 0 saturated carbocycles. The molecule has 1 amide bonds. The second kappa shape index (κ2) is 6.85. The summed E-state index contributed by atoms with van der Waals surface area (Å²) in [5.74, 6) is -0.0274. The van der Waals surface area contributed by atoms with Crippen LogP contribution in [0.25, 0.3) is 0 Å². The van der Waals surface area contributed by atoms with Crippen LogP contribution in [-0.4, -0.2) is 25.6 Å². The fraction of sp³-hybridized carbons (Fsp3) is 0.533. The highest BCUT2D eigenvalue weighted by Gasteiger charge is 2.40. The molecule has 1 saturated heterocycles. The van der Waals surface area contributed by atoms with E-state index >= 15 is 0 Å². The maximum absolute atomic E-state index is 12.5. The van der Waals surface area contributed by atoms with E-state index in [-0.39, 0.29) is 11.7 Å². The number of anilines is 1. The third kappa shape index (κ3) is 3.91. The molecular weight excluding hydrogens is 278 g/mol. The van der Waals surface area contributed by atoms with Gasteiger partial charge in [0.25, 0.3) is 0 Å². The molecule has 1 aliphatic heterocycles. The van der Waals surface area contributed by atoms with Crippen LogP contribution in [0.2, 0.25) is 0 Å². The lowest BCUT2D eigenvalue weighted by molar-refractivity contribution is -0.125. The second-order valence-electron chi connectivity index (χ2n) is 5.32. The van der Waals surface area contributed by atoms with Crippen LogP contribution >= 0.6 is 0 Å². The lowest BCUT2D eigenvalue weighted by Crippen LogP contribution is -2.38. The fourth-order valence-electron chi connectivity index (χ4n) is 2.76. The predicted octanol–water partition coefficient (Wildman–Crippen LogP) is 3.01. The number of hydrogen-bond acceptors (Lipinski definition) is 3. The van der Waals surface area contributed by atoms with E-state index in [1.165, 1.54) is 12.1 Å². The van der Waals surface area contributed by atoms with E-state index in [4.69, 9.17) is 0 Å². The molecule has 1 aromatic carbocycles. The van der Waals surface area contributed by atoms with E-state index in [0.29, 0.717) is 12.2 Å². The highest BCUT2D eigenvalue weighted by molar-refractivity contribution is 5.95. The quantitative estimate of drug-likeness (QED) is 0.849. The Morgan fingerprint density at radius 2 is 2.33 bits per heavy atom. The van der Waals surface area contributed by atoms with E-state index in [1.54, 1.807) is 12.1 Å². The number of carbonyl (C=O) groups excluding carboxylic acids is 1. The van der Waals surface area contributed by atoms with Gasteiger partial charge in [0.1, 0.15) is 5.75 Å². The third-order valence-corrected chi connectivity index (χ3v) is 3.77. The first kappa shape index (κ1) is 15.7. The summed E-state index contributed by atoms with van der Waals surface area (Å²) in [6.45, 7) is 0.646. The van der Waals surface area contributed by atoms with Gasteiger partial charge in [-0.2, -0.15) is 8.78 Å². The molecule has 1 aliphatic rings. The summed E-state index contributed by atoms with van der Waals surface area (Å²) in [6, 6.07) is 6.08. The molecule has 1 atom stereocenters. The van der Waals surface area contributed by atoms with Crippen LogP contribution in [0.4, 0.5) is 14.5 Å². The lowest BCUT2D eigenvalue weighted by Gasteiger charge is -2.26. The van der Waals surface area contributed by atoms with Gasteiger partial charge in [0.15, 0.2) is 0 Å². The maximum atomic E-state index is 12.5. The van der Waals surface area contributed by atoms with Crippen molar-refractivity contribution in [3.8, 4) is 5.75 Å². The van der Waals surface area contributed by atoms with Gasteiger partial charge in [-0.3, -0.25) is 4.79 Å². The number of hydrogen-bond donors (Lipinski definition) is 2. The van der Waals surface area contributed by atoms with Crippen molar-refractivity contribution in [2.45, 2.75) is 32.8 Å². The van der Waals surface area contributed by atoms with Gasteiger partial charge in [0.2, 0.25) is 5.91 Å². The zero-order valence-corrected chi connectivity index (χ0v) is 12.0. The Bertz CT molecular complexity index is 488. The van der Waals surface area contributed by atoms with Crippen molar-refractivity contribution in [1.29, 1.82) is 0 Å². The first-order chi connectivity index (χ1) is 10.1. The van der Waals surface area contributed by atoms with Gasteiger partial charge in [-0.25, -0.2) is 0 Å². The molecule has 1 heterocycles. The molecule has 6 heteroatoms. The Labute approximate surface area is 122 Å². The second-order valence-corrected chi connectivity index (χ2v) is 5.32. The molecule has 1 unspecified atom stereocenters.